The molecule has 0 saturated carbocycles. The van der Waals surface area contributed by atoms with Gasteiger partial charge in [-0.15, -0.1) is 0 Å². The molecule has 1 unspecified atom stereocenters. The number of hydrogen-bond acceptors (Lipinski definition) is 4. The molecule has 74 valence electrons. The Bertz CT molecular complexity index is 213. The van der Waals surface area contributed by atoms with Crippen molar-refractivity contribution in [2.75, 3.05) is 18.8 Å². The van der Waals surface area contributed by atoms with E-state index in [0.29, 0.717) is 5.92 Å². The Kier molecular flexibility index (Phi) is 4.93. The summed E-state index contributed by atoms with van der Waals surface area (Å²) in [5.74, 6) is 1.70. The third kappa shape index (κ3) is 4.33. The molecular weight excluding hydrogens is 184 g/mol. The van der Waals surface area contributed by atoms with Crippen molar-refractivity contribution in [1.82, 2.24) is 10.3 Å². The third-order valence-electron chi connectivity index (χ3n) is 1.64. The number of nitrogens with one attached hydrogen (secondary N) is 1. The molecule has 13 heavy (non-hydrogen) atoms. The van der Waals surface area contributed by atoms with Gasteiger partial charge in [0.15, 0.2) is 0 Å². The summed E-state index contributed by atoms with van der Waals surface area (Å²) >= 11 is 1.67. The van der Waals surface area contributed by atoms with Gasteiger partial charge in [-0.1, -0.05) is 25.6 Å². The Labute approximate surface area is 83.3 Å². The summed E-state index contributed by atoms with van der Waals surface area (Å²) in [6.07, 6.45) is 3.29. The van der Waals surface area contributed by atoms with Crippen LogP contribution in [0.2, 0.25) is 0 Å². The lowest BCUT2D eigenvalue weighted by molar-refractivity contribution is 0.452. The molecule has 0 aliphatic carbocycles. The van der Waals surface area contributed by atoms with Crippen LogP contribution in [0.4, 0.5) is 0 Å². The monoisotopic (exact) mass is 200 g/mol. The van der Waals surface area contributed by atoms with Gasteiger partial charge in [-0.25, -0.2) is 4.98 Å². The summed E-state index contributed by atoms with van der Waals surface area (Å²) in [5, 5.41) is 4.08. The van der Waals surface area contributed by atoms with Crippen LogP contribution in [-0.2, 0) is 0 Å². The lowest BCUT2D eigenvalue weighted by Crippen LogP contribution is -2.21. The van der Waals surface area contributed by atoms with Crippen LogP contribution in [0.25, 0.3) is 0 Å². The molecule has 0 saturated heterocycles. The topological polar surface area (TPSA) is 38.1 Å². The molecule has 1 atom stereocenters. The van der Waals surface area contributed by atoms with Crippen molar-refractivity contribution >= 4 is 11.8 Å². The highest BCUT2D eigenvalue weighted by Crippen LogP contribution is 2.17. The minimum atomic E-state index is 0.650. The summed E-state index contributed by atoms with van der Waals surface area (Å²) in [7, 11) is 0. The van der Waals surface area contributed by atoms with Gasteiger partial charge in [0.05, 0.1) is 6.20 Å². The second kappa shape index (κ2) is 6.05. The molecule has 0 amide bonds. The maximum atomic E-state index is 5.12. The van der Waals surface area contributed by atoms with Gasteiger partial charge in [0, 0.05) is 5.75 Å². The van der Waals surface area contributed by atoms with Crippen molar-refractivity contribution < 1.29 is 4.42 Å². The van der Waals surface area contributed by atoms with E-state index < -0.39 is 0 Å². The maximum Gasteiger partial charge on any atom is 0.255 e. The van der Waals surface area contributed by atoms with Crippen LogP contribution in [-0.4, -0.2) is 23.8 Å². The lowest BCUT2D eigenvalue weighted by atomic mass is 10.2. The molecule has 0 bridgehead atoms. The summed E-state index contributed by atoms with van der Waals surface area (Å²) in [5.41, 5.74) is 0. The fourth-order valence-corrected chi connectivity index (χ4v) is 1.75. The maximum absolute atomic E-state index is 5.12. The van der Waals surface area contributed by atoms with Crippen molar-refractivity contribution in [2.24, 2.45) is 5.92 Å². The van der Waals surface area contributed by atoms with Crippen LogP contribution in [0.3, 0.4) is 0 Å². The highest BCUT2D eigenvalue weighted by molar-refractivity contribution is 7.99. The first-order chi connectivity index (χ1) is 6.33. The SMILES string of the molecule is CCNCC(C)CSc1ncco1. The summed E-state index contributed by atoms with van der Waals surface area (Å²) < 4.78 is 5.12. The predicted octanol–water partition coefficient (Wildman–Crippen LogP) is 2.01. The van der Waals surface area contributed by atoms with Crippen LogP contribution >= 0.6 is 11.8 Å². The zero-order chi connectivity index (χ0) is 9.52. The van der Waals surface area contributed by atoms with Crippen LogP contribution < -0.4 is 5.32 Å². The van der Waals surface area contributed by atoms with Gasteiger partial charge in [-0.2, -0.15) is 0 Å². The normalized spacial score (nSPS) is 13.1. The lowest BCUT2D eigenvalue weighted by Gasteiger charge is -2.09. The Balaban J connectivity index is 2.11. The Hall–Kier alpha value is -0.480. The highest BCUT2D eigenvalue weighted by atomic mass is 32.2. The minimum absolute atomic E-state index is 0.650. The average Bonchev–Trinajstić information content (AvgIpc) is 2.64. The van der Waals surface area contributed by atoms with Gasteiger partial charge in [0.2, 0.25) is 0 Å². The van der Waals surface area contributed by atoms with E-state index in [1.54, 1.807) is 24.2 Å². The van der Waals surface area contributed by atoms with E-state index >= 15 is 0 Å². The zero-order valence-corrected chi connectivity index (χ0v) is 8.93. The first kappa shape index (κ1) is 10.6. The number of rotatable bonds is 6. The highest BCUT2D eigenvalue weighted by Gasteiger charge is 2.04. The van der Waals surface area contributed by atoms with E-state index in [0.717, 1.165) is 24.1 Å². The van der Waals surface area contributed by atoms with Gasteiger partial charge >= 0.3 is 0 Å². The standard InChI is InChI=1S/C9H16N2OS/c1-3-10-6-8(2)7-13-9-11-4-5-12-9/h4-5,8,10H,3,6-7H2,1-2H3. The molecule has 0 aliphatic rings. The van der Waals surface area contributed by atoms with Crippen LogP contribution in [0.5, 0.6) is 0 Å². The summed E-state index contributed by atoms with van der Waals surface area (Å²) in [6, 6.07) is 0. The van der Waals surface area contributed by atoms with Crippen LogP contribution in [0.15, 0.2) is 22.1 Å². The van der Waals surface area contributed by atoms with E-state index in [9.17, 15) is 0 Å². The molecule has 0 radical (unpaired) electrons. The first-order valence-electron chi connectivity index (χ1n) is 4.56. The van der Waals surface area contributed by atoms with Gasteiger partial charge in [0.1, 0.15) is 6.26 Å². The Morgan fingerprint density at radius 1 is 1.69 bits per heavy atom. The fraction of sp³-hybridized carbons (Fsp3) is 0.667. The van der Waals surface area contributed by atoms with Crippen LogP contribution in [0, 0.1) is 5.92 Å². The second-order valence-electron chi connectivity index (χ2n) is 3.02. The summed E-state index contributed by atoms with van der Waals surface area (Å²) in [6.45, 7) is 6.44. The van der Waals surface area contributed by atoms with Crippen molar-refractivity contribution in [1.29, 1.82) is 0 Å². The van der Waals surface area contributed by atoms with Crippen molar-refractivity contribution in [3.05, 3.63) is 12.5 Å². The number of hydrogen-bond donors (Lipinski definition) is 1. The molecular formula is C9H16N2OS. The molecule has 3 nitrogen and oxygen atoms in total. The predicted molar refractivity (Wildman–Crippen MR) is 54.9 cm³/mol. The van der Waals surface area contributed by atoms with E-state index in [1.807, 2.05) is 0 Å². The molecule has 1 heterocycles. The molecule has 4 heteroatoms. The number of aromatic nitrogens is 1. The van der Waals surface area contributed by atoms with Crippen molar-refractivity contribution in [3.8, 4) is 0 Å². The van der Waals surface area contributed by atoms with E-state index in [1.165, 1.54) is 0 Å². The first-order valence-corrected chi connectivity index (χ1v) is 5.54. The average molecular weight is 200 g/mol. The summed E-state index contributed by atoms with van der Waals surface area (Å²) in [4.78, 5) is 4.04. The van der Waals surface area contributed by atoms with E-state index in [2.05, 4.69) is 24.1 Å². The molecule has 1 rings (SSSR count). The molecule has 1 N–H and O–H groups in total. The smallest absolute Gasteiger partial charge is 0.255 e. The largest absolute Gasteiger partial charge is 0.440 e. The Morgan fingerprint density at radius 3 is 3.15 bits per heavy atom. The fourth-order valence-electron chi connectivity index (χ4n) is 0.945. The molecule has 0 aliphatic heterocycles. The van der Waals surface area contributed by atoms with E-state index in [-0.39, 0.29) is 0 Å². The molecule has 0 aromatic carbocycles. The second-order valence-corrected chi connectivity index (χ2v) is 3.99. The Morgan fingerprint density at radius 2 is 2.54 bits per heavy atom. The zero-order valence-electron chi connectivity index (χ0n) is 8.12. The molecule has 0 fully saturated rings. The number of thioether (sulfide) groups is 1. The molecule has 1 aromatic rings. The number of nitrogens with zero attached hydrogens (tertiary/aromatic N) is 1. The van der Waals surface area contributed by atoms with Gasteiger partial charge in [0.25, 0.3) is 5.22 Å². The van der Waals surface area contributed by atoms with Gasteiger partial charge in [-0.05, 0) is 19.0 Å². The quantitative estimate of drug-likeness (QED) is 0.713. The van der Waals surface area contributed by atoms with Gasteiger partial charge < -0.3 is 9.73 Å². The third-order valence-corrected chi connectivity index (χ3v) is 2.83. The van der Waals surface area contributed by atoms with E-state index in [4.69, 9.17) is 4.42 Å². The minimum Gasteiger partial charge on any atom is -0.440 e. The van der Waals surface area contributed by atoms with Gasteiger partial charge in [-0.3, -0.25) is 0 Å². The molecule has 1 aromatic heterocycles. The number of oxazole rings is 1. The van der Waals surface area contributed by atoms with Crippen molar-refractivity contribution in [2.45, 2.75) is 19.1 Å². The van der Waals surface area contributed by atoms with Crippen molar-refractivity contribution in [3.63, 3.8) is 0 Å². The van der Waals surface area contributed by atoms with Crippen LogP contribution in [0.1, 0.15) is 13.8 Å². The molecule has 0 spiro atoms.